The van der Waals surface area contributed by atoms with Gasteiger partial charge in [-0.25, -0.2) is 9.59 Å². The molecule has 0 aliphatic heterocycles. The van der Waals surface area contributed by atoms with Gasteiger partial charge in [0.05, 0.1) is 0 Å². The summed E-state index contributed by atoms with van der Waals surface area (Å²) in [6.45, 7) is 1.29. The molecule has 0 aliphatic rings. The van der Waals surface area contributed by atoms with E-state index in [1.54, 1.807) is 0 Å². The van der Waals surface area contributed by atoms with E-state index in [1.807, 2.05) is 0 Å². The van der Waals surface area contributed by atoms with Crippen LogP contribution in [0.2, 0.25) is 0 Å². The van der Waals surface area contributed by atoms with Gasteiger partial charge < -0.3 is 15.3 Å². The van der Waals surface area contributed by atoms with Crippen LogP contribution in [0, 0.1) is 0 Å². The molecule has 0 aliphatic carbocycles. The topological polar surface area (TPSA) is 98.1 Å². The molecule has 0 amide bonds. The SMILES string of the molecule is CC(O)N(C)C(C(=O)O)C(=O)O. The van der Waals surface area contributed by atoms with Crippen molar-refractivity contribution < 1.29 is 24.9 Å². The minimum absolute atomic E-state index is 0.838. The molecule has 0 radical (unpaired) electrons. The molecular formula is C6H11NO5. The van der Waals surface area contributed by atoms with Crippen molar-refractivity contribution >= 4 is 11.9 Å². The summed E-state index contributed by atoms with van der Waals surface area (Å²) >= 11 is 0. The third-order valence-corrected chi connectivity index (χ3v) is 1.46. The Balaban J connectivity index is 4.52. The summed E-state index contributed by atoms with van der Waals surface area (Å²) in [6.07, 6.45) is -1.11. The van der Waals surface area contributed by atoms with Crippen LogP contribution >= 0.6 is 0 Å². The number of hydrogen-bond acceptors (Lipinski definition) is 4. The van der Waals surface area contributed by atoms with Crippen LogP contribution in [0.1, 0.15) is 6.92 Å². The lowest BCUT2D eigenvalue weighted by molar-refractivity contribution is -0.160. The van der Waals surface area contributed by atoms with Crippen molar-refractivity contribution in [3.05, 3.63) is 0 Å². The summed E-state index contributed by atoms with van der Waals surface area (Å²) in [5.41, 5.74) is 0. The number of hydrogen-bond donors (Lipinski definition) is 3. The zero-order valence-electron chi connectivity index (χ0n) is 6.76. The average Bonchev–Trinajstić information content (AvgIpc) is 1.85. The van der Waals surface area contributed by atoms with E-state index in [1.165, 1.54) is 14.0 Å². The second-order valence-corrected chi connectivity index (χ2v) is 2.38. The first-order chi connectivity index (χ1) is 5.37. The fourth-order valence-corrected chi connectivity index (χ4v) is 0.670. The van der Waals surface area contributed by atoms with Crippen LogP contribution in [0.5, 0.6) is 0 Å². The molecule has 0 aromatic heterocycles. The number of rotatable bonds is 4. The highest BCUT2D eigenvalue weighted by atomic mass is 16.4. The third kappa shape index (κ3) is 2.48. The average molecular weight is 177 g/mol. The number of aliphatic hydroxyl groups is 1. The van der Waals surface area contributed by atoms with Gasteiger partial charge in [-0.2, -0.15) is 0 Å². The summed E-state index contributed by atoms with van der Waals surface area (Å²) in [5.74, 6) is -2.99. The first kappa shape index (κ1) is 10.9. The number of carboxylic acid groups (broad SMARTS) is 2. The summed E-state index contributed by atoms with van der Waals surface area (Å²) in [6, 6.07) is -1.70. The Hall–Kier alpha value is -1.14. The quantitative estimate of drug-likeness (QED) is 0.368. The maximum Gasteiger partial charge on any atom is 0.332 e. The van der Waals surface area contributed by atoms with Gasteiger partial charge in [-0.05, 0) is 14.0 Å². The standard InChI is InChI=1S/C6H11NO5/c1-3(8)7(2)4(5(9)10)6(11)12/h3-4,8H,1-2H3,(H,9,10)(H,11,12). The Labute approximate surface area is 69.0 Å². The minimum atomic E-state index is -1.70. The number of carbonyl (C=O) groups is 2. The molecule has 6 nitrogen and oxygen atoms in total. The fourth-order valence-electron chi connectivity index (χ4n) is 0.670. The number of carboxylic acids is 2. The van der Waals surface area contributed by atoms with E-state index in [9.17, 15) is 9.59 Å². The zero-order chi connectivity index (χ0) is 9.89. The predicted octanol–water partition coefficient (Wildman–Crippen LogP) is -1.21. The Kier molecular flexibility index (Phi) is 3.65. The molecule has 1 unspecified atom stereocenters. The van der Waals surface area contributed by atoms with Crippen LogP contribution in [0.4, 0.5) is 0 Å². The molecule has 3 N–H and O–H groups in total. The normalized spacial score (nSPS) is 13.4. The highest BCUT2D eigenvalue weighted by Crippen LogP contribution is 2.00. The van der Waals surface area contributed by atoms with E-state index >= 15 is 0 Å². The lowest BCUT2D eigenvalue weighted by atomic mass is 10.2. The van der Waals surface area contributed by atoms with Crippen molar-refractivity contribution in [3.8, 4) is 0 Å². The van der Waals surface area contributed by atoms with Gasteiger partial charge in [0, 0.05) is 0 Å². The number of aliphatic carboxylic acids is 2. The molecular weight excluding hydrogens is 166 g/mol. The number of aliphatic hydroxyl groups excluding tert-OH is 1. The molecule has 0 aromatic rings. The van der Waals surface area contributed by atoms with Gasteiger partial charge in [0.1, 0.15) is 6.23 Å². The van der Waals surface area contributed by atoms with Gasteiger partial charge in [-0.3, -0.25) is 4.90 Å². The maximum absolute atomic E-state index is 10.4. The zero-order valence-corrected chi connectivity index (χ0v) is 6.76. The van der Waals surface area contributed by atoms with Crippen LogP contribution in [0.15, 0.2) is 0 Å². The van der Waals surface area contributed by atoms with E-state index in [-0.39, 0.29) is 0 Å². The number of nitrogens with zero attached hydrogens (tertiary/aromatic N) is 1. The van der Waals surface area contributed by atoms with Crippen LogP contribution < -0.4 is 0 Å². The molecule has 12 heavy (non-hydrogen) atoms. The third-order valence-electron chi connectivity index (χ3n) is 1.46. The van der Waals surface area contributed by atoms with Crippen molar-refractivity contribution in [2.45, 2.75) is 19.2 Å². The summed E-state index contributed by atoms with van der Waals surface area (Å²) in [7, 11) is 1.22. The van der Waals surface area contributed by atoms with Crippen molar-refractivity contribution in [1.29, 1.82) is 0 Å². The monoisotopic (exact) mass is 177 g/mol. The molecule has 0 fully saturated rings. The van der Waals surface area contributed by atoms with E-state index in [2.05, 4.69) is 0 Å². The Morgan fingerprint density at radius 2 is 1.58 bits per heavy atom. The van der Waals surface area contributed by atoms with Crippen molar-refractivity contribution in [2.24, 2.45) is 0 Å². The van der Waals surface area contributed by atoms with Crippen molar-refractivity contribution in [1.82, 2.24) is 4.90 Å². The van der Waals surface area contributed by atoms with Gasteiger partial charge in [0.2, 0.25) is 6.04 Å². The maximum atomic E-state index is 10.4. The Bertz CT molecular complexity index is 176. The van der Waals surface area contributed by atoms with E-state index in [0.29, 0.717) is 0 Å². The lowest BCUT2D eigenvalue weighted by Gasteiger charge is -2.23. The first-order valence-corrected chi connectivity index (χ1v) is 3.23. The van der Waals surface area contributed by atoms with E-state index < -0.39 is 24.2 Å². The van der Waals surface area contributed by atoms with Crippen LogP contribution in [-0.4, -0.2) is 51.5 Å². The molecule has 0 saturated heterocycles. The van der Waals surface area contributed by atoms with Gasteiger partial charge in [0.25, 0.3) is 0 Å². The summed E-state index contributed by atoms with van der Waals surface area (Å²) < 4.78 is 0. The number of likely N-dealkylation sites (N-methyl/N-ethyl adjacent to an activating group) is 1. The fraction of sp³-hybridized carbons (Fsp3) is 0.667. The van der Waals surface area contributed by atoms with E-state index in [0.717, 1.165) is 4.90 Å². The van der Waals surface area contributed by atoms with Crippen LogP contribution in [0.3, 0.4) is 0 Å². The second-order valence-electron chi connectivity index (χ2n) is 2.38. The van der Waals surface area contributed by atoms with Crippen molar-refractivity contribution in [3.63, 3.8) is 0 Å². The van der Waals surface area contributed by atoms with E-state index in [4.69, 9.17) is 15.3 Å². The molecule has 6 heteroatoms. The van der Waals surface area contributed by atoms with Gasteiger partial charge in [-0.15, -0.1) is 0 Å². The molecule has 0 heterocycles. The largest absolute Gasteiger partial charge is 0.480 e. The highest BCUT2D eigenvalue weighted by Gasteiger charge is 2.32. The van der Waals surface area contributed by atoms with Gasteiger partial charge in [0.15, 0.2) is 0 Å². The molecule has 0 rings (SSSR count). The molecule has 1 atom stereocenters. The molecule has 0 aromatic carbocycles. The molecule has 70 valence electrons. The van der Waals surface area contributed by atoms with Gasteiger partial charge in [-0.1, -0.05) is 0 Å². The summed E-state index contributed by atoms with van der Waals surface area (Å²) in [4.78, 5) is 21.5. The molecule has 0 spiro atoms. The Morgan fingerprint density at radius 1 is 1.25 bits per heavy atom. The minimum Gasteiger partial charge on any atom is -0.480 e. The summed E-state index contributed by atoms with van der Waals surface area (Å²) in [5, 5.41) is 25.7. The second kappa shape index (κ2) is 4.03. The Morgan fingerprint density at radius 3 is 1.67 bits per heavy atom. The highest BCUT2D eigenvalue weighted by molar-refractivity contribution is 5.97. The molecule has 0 saturated carbocycles. The lowest BCUT2D eigenvalue weighted by Crippen LogP contribution is -2.48. The predicted molar refractivity (Wildman–Crippen MR) is 38.5 cm³/mol. The van der Waals surface area contributed by atoms with Gasteiger partial charge >= 0.3 is 11.9 Å². The van der Waals surface area contributed by atoms with Crippen LogP contribution in [-0.2, 0) is 9.59 Å². The first-order valence-electron chi connectivity index (χ1n) is 3.23. The van der Waals surface area contributed by atoms with Crippen LogP contribution in [0.25, 0.3) is 0 Å². The van der Waals surface area contributed by atoms with Crippen molar-refractivity contribution in [2.75, 3.05) is 7.05 Å². The molecule has 0 bridgehead atoms. The smallest absolute Gasteiger partial charge is 0.332 e.